The summed E-state index contributed by atoms with van der Waals surface area (Å²) in [6.07, 6.45) is 0. The highest BCUT2D eigenvalue weighted by molar-refractivity contribution is 6.32. The maximum Gasteiger partial charge on any atom is 0.312 e. The summed E-state index contributed by atoms with van der Waals surface area (Å²) in [7, 11) is 0. The van der Waals surface area contributed by atoms with Crippen LogP contribution in [0.15, 0.2) is 36.4 Å². The van der Waals surface area contributed by atoms with Crippen molar-refractivity contribution >= 4 is 17.3 Å². The molecule has 0 fully saturated rings. The van der Waals surface area contributed by atoms with Crippen LogP contribution in [0.25, 0.3) is 0 Å². The number of nitro benzene ring substituents is 1. The lowest BCUT2D eigenvalue weighted by Crippen LogP contribution is -2.02. The minimum atomic E-state index is -0.713. The van der Waals surface area contributed by atoms with E-state index >= 15 is 0 Å². The van der Waals surface area contributed by atoms with Gasteiger partial charge in [0.15, 0.2) is 0 Å². The van der Waals surface area contributed by atoms with E-state index < -0.39 is 10.7 Å². The number of nitriles is 1. The quantitative estimate of drug-likeness (QED) is 0.635. The minimum Gasteiger partial charge on any atom is -0.481 e. The number of hydrogen-bond acceptors (Lipinski definition) is 4. The van der Waals surface area contributed by atoms with E-state index in [4.69, 9.17) is 21.6 Å². The first-order chi connectivity index (χ1) is 10.0. The molecular weight excluding hydrogens is 299 g/mol. The fourth-order valence-corrected chi connectivity index (χ4v) is 1.94. The molecule has 2 aromatic rings. The van der Waals surface area contributed by atoms with Crippen LogP contribution < -0.4 is 4.74 Å². The molecule has 106 valence electrons. The molecule has 0 atom stereocenters. The molecule has 0 saturated carbocycles. The Kier molecular flexibility index (Phi) is 4.36. The normalized spacial score (nSPS) is 9.95. The van der Waals surface area contributed by atoms with Crippen molar-refractivity contribution in [1.29, 1.82) is 5.26 Å². The highest BCUT2D eigenvalue weighted by Gasteiger charge is 2.19. The second-order valence-electron chi connectivity index (χ2n) is 4.02. The monoisotopic (exact) mass is 306 g/mol. The predicted octanol–water partition coefficient (Wildman–Crippen LogP) is 3.84. The van der Waals surface area contributed by atoms with E-state index in [2.05, 4.69) is 0 Å². The highest BCUT2D eigenvalue weighted by Crippen LogP contribution is 2.35. The Labute approximate surface area is 124 Å². The zero-order valence-corrected chi connectivity index (χ0v) is 11.3. The van der Waals surface area contributed by atoms with Crippen LogP contribution in [0.5, 0.6) is 5.75 Å². The fourth-order valence-electron chi connectivity index (χ4n) is 1.71. The van der Waals surface area contributed by atoms with Gasteiger partial charge in [0.05, 0.1) is 15.5 Å². The highest BCUT2D eigenvalue weighted by atomic mass is 35.5. The van der Waals surface area contributed by atoms with Gasteiger partial charge in [-0.05, 0) is 12.1 Å². The topological polar surface area (TPSA) is 76.2 Å². The molecule has 0 aromatic heterocycles. The molecule has 0 aliphatic heterocycles. The SMILES string of the molecule is N#Cc1cccc(COc2c(Cl)cccc2[N+](=O)[O-])c1F. The number of halogens is 2. The average Bonchev–Trinajstić information content (AvgIpc) is 2.47. The fraction of sp³-hybridized carbons (Fsp3) is 0.0714. The summed E-state index contributed by atoms with van der Waals surface area (Å²) in [5.41, 5.74) is -0.313. The second kappa shape index (κ2) is 6.20. The summed E-state index contributed by atoms with van der Waals surface area (Å²) < 4.78 is 19.1. The molecule has 2 rings (SSSR count). The molecule has 0 radical (unpaired) electrons. The van der Waals surface area contributed by atoms with Crippen LogP contribution in [0, 0.1) is 27.3 Å². The van der Waals surface area contributed by atoms with E-state index in [9.17, 15) is 14.5 Å². The van der Waals surface area contributed by atoms with Crippen molar-refractivity contribution in [2.24, 2.45) is 0 Å². The molecule has 0 heterocycles. The van der Waals surface area contributed by atoms with Gasteiger partial charge < -0.3 is 4.74 Å². The number of rotatable bonds is 4. The van der Waals surface area contributed by atoms with Gasteiger partial charge in [0, 0.05) is 11.6 Å². The first-order valence-corrected chi connectivity index (χ1v) is 6.15. The van der Waals surface area contributed by atoms with Crippen molar-refractivity contribution < 1.29 is 14.1 Å². The van der Waals surface area contributed by atoms with Gasteiger partial charge in [-0.2, -0.15) is 5.26 Å². The van der Waals surface area contributed by atoms with Crippen LogP contribution in [0.4, 0.5) is 10.1 Å². The lowest BCUT2D eigenvalue weighted by molar-refractivity contribution is -0.385. The number of hydrogen-bond donors (Lipinski definition) is 0. The summed E-state index contributed by atoms with van der Waals surface area (Å²) in [4.78, 5) is 10.3. The third kappa shape index (κ3) is 3.09. The van der Waals surface area contributed by atoms with Crippen molar-refractivity contribution in [3.8, 4) is 11.8 Å². The maximum absolute atomic E-state index is 13.9. The molecule has 0 aliphatic rings. The summed E-state index contributed by atoms with van der Waals surface area (Å²) in [6.45, 7) is -0.272. The molecule has 0 aliphatic carbocycles. The van der Waals surface area contributed by atoms with Crippen molar-refractivity contribution in [3.05, 3.63) is 68.5 Å². The molecule has 0 saturated heterocycles. The minimum absolute atomic E-state index is 0.0565. The molecule has 0 amide bonds. The predicted molar refractivity (Wildman–Crippen MR) is 73.6 cm³/mol. The number of ether oxygens (including phenoxy) is 1. The van der Waals surface area contributed by atoms with Gasteiger partial charge in [-0.25, -0.2) is 4.39 Å². The van der Waals surface area contributed by atoms with E-state index in [1.807, 2.05) is 0 Å². The Morgan fingerprint density at radius 1 is 1.33 bits per heavy atom. The summed E-state index contributed by atoms with van der Waals surface area (Å²) in [5, 5.41) is 19.7. The number of nitro groups is 1. The summed E-state index contributed by atoms with van der Waals surface area (Å²) >= 11 is 5.86. The molecule has 7 heteroatoms. The Balaban J connectivity index is 2.30. The number of nitrogens with zero attached hydrogens (tertiary/aromatic N) is 2. The average molecular weight is 307 g/mol. The van der Waals surface area contributed by atoms with E-state index in [1.165, 1.54) is 36.4 Å². The van der Waals surface area contributed by atoms with Gasteiger partial charge in [-0.3, -0.25) is 10.1 Å². The van der Waals surface area contributed by atoms with Gasteiger partial charge in [-0.1, -0.05) is 29.8 Å². The van der Waals surface area contributed by atoms with Crippen molar-refractivity contribution in [2.45, 2.75) is 6.61 Å². The molecule has 0 spiro atoms. The van der Waals surface area contributed by atoms with Crippen LogP contribution in [0.2, 0.25) is 5.02 Å². The Hall–Kier alpha value is -2.65. The van der Waals surface area contributed by atoms with Crippen LogP contribution in [0.3, 0.4) is 0 Å². The lowest BCUT2D eigenvalue weighted by atomic mass is 10.1. The van der Waals surface area contributed by atoms with E-state index in [-0.39, 0.29) is 34.2 Å². The van der Waals surface area contributed by atoms with Crippen molar-refractivity contribution in [2.75, 3.05) is 0 Å². The lowest BCUT2D eigenvalue weighted by Gasteiger charge is -2.09. The molecule has 0 unspecified atom stereocenters. The standard InChI is InChI=1S/C14H8ClFN2O3/c15-11-5-2-6-12(18(19)20)14(11)21-8-10-4-1-3-9(7-17)13(10)16/h1-6H,8H2. The van der Waals surface area contributed by atoms with E-state index in [1.54, 1.807) is 6.07 Å². The van der Waals surface area contributed by atoms with Crippen LogP contribution in [-0.4, -0.2) is 4.92 Å². The maximum atomic E-state index is 13.9. The zero-order valence-electron chi connectivity index (χ0n) is 10.5. The molecule has 0 N–H and O–H groups in total. The Bertz CT molecular complexity index is 743. The van der Waals surface area contributed by atoms with E-state index in [0.29, 0.717) is 0 Å². The Morgan fingerprint density at radius 2 is 2.05 bits per heavy atom. The molecule has 21 heavy (non-hydrogen) atoms. The van der Waals surface area contributed by atoms with Crippen LogP contribution in [-0.2, 0) is 6.61 Å². The smallest absolute Gasteiger partial charge is 0.312 e. The molecule has 5 nitrogen and oxygen atoms in total. The van der Waals surface area contributed by atoms with Gasteiger partial charge in [-0.15, -0.1) is 0 Å². The number of para-hydroxylation sites is 1. The van der Waals surface area contributed by atoms with Gasteiger partial charge in [0.25, 0.3) is 0 Å². The van der Waals surface area contributed by atoms with Crippen molar-refractivity contribution in [3.63, 3.8) is 0 Å². The third-order valence-electron chi connectivity index (χ3n) is 2.71. The summed E-state index contributed by atoms with van der Waals surface area (Å²) in [6, 6.07) is 10.1. The van der Waals surface area contributed by atoms with Gasteiger partial charge >= 0.3 is 5.69 Å². The molecule has 0 bridgehead atoms. The zero-order chi connectivity index (χ0) is 15.4. The van der Waals surface area contributed by atoms with Crippen LogP contribution >= 0.6 is 11.6 Å². The third-order valence-corrected chi connectivity index (χ3v) is 3.01. The molecule has 2 aromatic carbocycles. The first-order valence-electron chi connectivity index (χ1n) is 5.77. The van der Waals surface area contributed by atoms with E-state index in [0.717, 1.165) is 0 Å². The largest absolute Gasteiger partial charge is 0.481 e. The van der Waals surface area contributed by atoms with Crippen LogP contribution in [0.1, 0.15) is 11.1 Å². The van der Waals surface area contributed by atoms with Gasteiger partial charge in [0.1, 0.15) is 18.5 Å². The molecular formula is C14H8ClFN2O3. The Morgan fingerprint density at radius 3 is 2.71 bits per heavy atom. The second-order valence-corrected chi connectivity index (χ2v) is 4.43. The first kappa shape index (κ1) is 14.8. The van der Waals surface area contributed by atoms with Gasteiger partial charge in [0.2, 0.25) is 5.75 Å². The number of benzene rings is 2. The summed E-state index contributed by atoms with van der Waals surface area (Å²) in [5.74, 6) is -0.847. The van der Waals surface area contributed by atoms with Crippen molar-refractivity contribution in [1.82, 2.24) is 0 Å².